The largest absolute Gasteiger partial charge is 0.465 e. The van der Waals surface area contributed by atoms with E-state index in [1.54, 1.807) is 0 Å². The molecule has 0 spiro atoms. The Bertz CT molecular complexity index is 1090. The molecule has 1 rings (SSSR count). The maximum Gasteiger partial charge on any atom is 0.308 e. The molecule has 0 aliphatic rings. The summed E-state index contributed by atoms with van der Waals surface area (Å²) in [4.78, 5) is 50.8. The number of esters is 4. The SMILES string of the molecule is CCCCCCCCCCCCCCCC(=O)OC(CCOC(=O)CC(C)(C)CC(=O)OCc1ccccc1)OC(=O)CCCCCCCCCCCCCCC. The van der Waals surface area contributed by atoms with Crippen molar-refractivity contribution in [1.29, 1.82) is 0 Å². The van der Waals surface area contributed by atoms with Crippen LogP contribution in [0.15, 0.2) is 30.3 Å². The second-order valence-electron chi connectivity index (χ2n) is 17.1. The van der Waals surface area contributed by atoms with Crippen LogP contribution in [0.5, 0.6) is 0 Å². The first-order chi connectivity index (χ1) is 27.6. The number of carbonyl (C=O) groups is 4. The van der Waals surface area contributed by atoms with Crippen LogP contribution in [-0.2, 0) is 44.7 Å². The lowest BCUT2D eigenvalue weighted by molar-refractivity contribution is -0.191. The molecule has 0 heterocycles. The molecule has 8 heteroatoms. The van der Waals surface area contributed by atoms with E-state index in [2.05, 4.69) is 13.8 Å². The van der Waals surface area contributed by atoms with Gasteiger partial charge in [-0.2, -0.15) is 0 Å². The van der Waals surface area contributed by atoms with Crippen molar-refractivity contribution >= 4 is 23.9 Å². The summed E-state index contributed by atoms with van der Waals surface area (Å²) in [5.74, 6) is -1.68. The number of hydrogen-bond acceptors (Lipinski definition) is 8. The third-order valence-corrected chi connectivity index (χ3v) is 10.6. The van der Waals surface area contributed by atoms with E-state index in [9.17, 15) is 19.2 Å². The number of benzene rings is 1. The summed E-state index contributed by atoms with van der Waals surface area (Å²) in [6.45, 7) is 8.24. The van der Waals surface area contributed by atoms with Gasteiger partial charge in [0, 0.05) is 12.8 Å². The molecule has 57 heavy (non-hydrogen) atoms. The minimum absolute atomic E-state index is 0.00970. The van der Waals surface area contributed by atoms with Gasteiger partial charge in [0.1, 0.15) is 6.61 Å². The van der Waals surface area contributed by atoms with Gasteiger partial charge < -0.3 is 18.9 Å². The molecule has 0 saturated carbocycles. The highest BCUT2D eigenvalue weighted by Crippen LogP contribution is 2.27. The van der Waals surface area contributed by atoms with E-state index in [-0.39, 0.29) is 51.3 Å². The van der Waals surface area contributed by atoms with Crippen LogP contribution in [0, 0.1) is 5.41 Å². The van der Waals surface area contributed by atoms with Gasteiger partial charge in [0.2, 0.25) is 0 Å². The van der Waals surface area contributed by atoms with E-state index in [1.807, 2.05) is 44.2 Å². The third kappa shape index (κ3) is 33.7. The minimum Gasteiger partial charge on any atom is -0.465 e. The molecule has 0 aliphatic heterocycles. The number of unbranched alkanes of at least 4 members (excludes halogenated alkanes) is 24. The third-order valence-electron chi connectivity index (χ3n) is 10.6. The van der Waals surface area contributed by atoms with Crippen molar-refractivity contribution in [3.8, 4) is 0 Å². The van der Waals surface area contributed by atoms with Gasteiger partial charge >= 0.3 is 23.9 Å². The zero-order valence-corrected chi connectivity index (χ0v) is 37.1. The molecule has 0 fully saturated rings. The van der Waals surface area contributed by atoms with Gasteiger partial charge in [-0.3, -0.25) is 19.2 Å². The van der Waals surface area contributed by atoms with Crippen molar-refractivity contribution in [2.75, 3.05) is 6.61 Å². The second-order valence-corrected chi connectivity index (χ2v) is 17.1. The number of rotatable bonds is 39. The molecule has 0 saturated heterocycles. The summed E-state index contributed by atoms with van der Waals surface area (Å²) < 4.78 is 22.1. The van der Waals surface area contributed by atoms with Crippen LogP contribution in [-0.4, -0.2) is 36.8 Å². The molecule has 0 unspecified atom stereocenters. The van der Waals surface area contributed by atoms with Crippen molar-refractivity contribution in [2.45, 2.75) is 240 Å². The lowest BCUT2D eigenvalue weighted by Gasteiger charge is -2.23. The highest BCUT2D eigenvalue weighted by molar-refractivity contribution is 5.74. The zero-order chi connectivity index (χ0) is 41.7. The first kappa shape index (κ1) is 52.1. The Morgan fingerprint density at radius 1 is 0.474 bits per heavy atom. The highest BCUT2D eigenvalue weighted by Gasteiger charge is 2.28. The average molecular weight is 801 g/mol. The summed E-state index contributed by atoms with van der Waals surface area (Å²) in [6.07, 6.45) is 31.3. The Morgan fingerprint density at radius 2 is 0.825 bits per heavy atom. The quantitative estimate of drug-likeness (QED) is 0.0280. The molecular formula is C49H84O8. The van der Waals surface area contributed by atoms with Gasteiger partial charge in [-0.05, 0) is 23.8 Å². The van der Waals surface area contributed by atoms with Gasteiger partial charge in [-0.1, -0.05) is 212 Å². The standard InChI is InChI=1S/C49H84O8/c1-5-7-9-11-13-15-17-19-21-23-25-27-32-36-44(50)56-48(57-45(51)37-33-28-26-24-22-20-18-16-14-12-10-8-6-2)38-39-54-46(52)40-49(3,4)41-47(53)55-42-43-34-30-29-31-35-43/h29-31,34-35,48H,5-28,32-33,36-42H2,1-4H3. The maximum atomic E-state index is 12.8. The number of carbonyl (C=O) groups excluding carboxylic acids is 4. The Hall–Kier alpha value is -2.90. The van der Waals surface area contributed by atoms with Crippen LogP contribution >= 0.6 is 0 Å². The molecule has 0 radical (unpaired) electrons. The molecule has 0 aromatic heterocycles. The molecule has 0 N–H and O–H groups in total. The Labute approximate surface area is 348 Å². The van der Waals surface area contributed by atoms with Crippen LogP contribution in [0.2, 0.25) is 0 Å². The topological polar surface area (TPSA) is 105 Å². The molecule has 328 valence electrons. The molecule has 0 amide bonds. The van der Waals surface area contributed by atoms with Crippen LogP contribution in [0.3, 0.4) is 0 Å². The molecule has 0 bridgehead atoms. The minimum atomic E-state index is -1.11. The van der Waals surface area contributed by atoms with Crippen LogP contribution in [0.1, 0.15) is 232 Å². The van der Waals surface area contributed by atoms with Crippen LogP contribution < -0.4 is 0 Å². The van der Waals surface area contributed by atoms with Crippen LogP contribution in [0.25, 0.3) is 0 Å². The average Bonchev–Trinajstić information content (AvgIpc) is 3.17. The zero-order valence-electron chi connectivity index (χ0n) is 37.1. The fourth-order valence-corrected chi connectivity index (χ4v) is 7.08. The number of hydrogen-bond donors (Lipinski definition) is 0. The van der Waals surface area contributed by atoms with Gasteiger partial charge in [0.25, 0.3) is 6.29 Å². The predicted molar refractivity (Wildman–Crippen MR) is 231 cm³/mol. The van der Waals surface area contributed by atoms with E-state index >= 15 is 0 Å². The van der Waals surface area contributed by atoms with E-state index in [1.165, 1.54) is 128 Å². The van der Waals surface area contributed by atoms with E-state index < -0.39 is 29.6 Å². The summed E-state index contributed by atoms with van der Waals surface area (Å²) in [7, 11) is 0. The molecule has 1 aromatic rings. The van der Waals surface area contributed by atoms with Gasteiger partial charge in [0.15, 0.2) is 0 Å². The lowest BCUT2D eigenvalue weighted by atomic mass is 9.86. The first-order valence-electron chi connectivity index (χ1n) is 23.4. The lowest BCUT2D eigenvalue weighted by Crippen LogP contribution is -2.27. The molecular weight excluding hydrogens is 717 g/mol. The highest BCUT2D eigenvalue weighted by atomic mass is 16.7. The van der Waals surface area contributed by atoms with Crippen molar-refractivity contribution < 1.29 is 38.1 Å². The fourth-order valence-electron chi connectivity index (χ4n) is 7.08. The normalized spacial score (nSPS) is 11.5. The first-order valence-corrected chi connectivity index (χ1v) is 23.4. The van der Waals surface area contributed by atoms with E-state index in [4.69, 9.17) is 18.9 Å². The molecule has 1 aromatic carbocycles. The summed E-state index contributed by atoms with van der Waals surface area (Å²) in [5, 5.41) is 0. The van der Waals surface area contributed by atoms with Crippen LogP contribution in [0.4, 0.5) is 0 Å². The predicted octanol–water partition coefficient (Wildman–Crippen LogP) is 13.8. The monoisotopic (exact) mass is 801 g/mol. The van der Waals surface area contributed by atoms with Crippen molar-refractivity contribution in [1.82, 2.24) is 0 Å². The second kappa shape index (κ2) is 36.2. The molecule has 0 aliphatic carbocycles. The van der Waals surface area contributed by atoms with Crippen molar-refractivity contribution in [3.63, 3.8) is 0 Å². The summed E-state index contributed by atoms with van der Waals surface area (Å²) in [5.41, 5.74) is 0.220. The van der Waals surface area contributed by atoms with E-state index in [0.29, 0.717) is 0 Å². The Morgan fingerprint density at radius 3 is 1.21 bits per heavy atom. The summed E-state index contributed by atoms with van der Waals surface area (Å²) in [6, 6.07) is 9.45. The van der Waals surface area contributed by atoms with Crippen molar-refractivity contribution in [3.05, 3.63) is 35.9 Å². The van der Waals surface area contributed by atoms with E-state index in [0.717, 1.165) is 44.1 Å². The Balaban J connectivity index is 2.42. The van der Waals surface area contributed by atoms with Crippen molar-refractivity contribution in [2.24, 2.45) is 5.41 Å². The molecule has 8 nitrogen and oxygen atoms in total. The van der Waals surface area contributed by atoms with Gasteiger partial charge in [-0.25, -0.2) is 0 Å². The number of ether oxygens (including phenoxy) is 4. The smallest absolute Gasteiger partial charge is 0.308 e. The maximum absolute atomic E-state index is 12.8. The van der Waals surface area contributed by atoms with Gasteiger partial charge in [-0.15, -0.1) is 0 Å². The van der Waals surface area contributed by atoms with Gasteiger partial charge in [0.05, 0.1) is 25.9 Å². The Kier molecular flexibility index (Phi) is 33.1. The molecule has 0 atom stereocenters. The fraction of sp³-hybridized carbons (Fsp3) is 0.796. The summed E-state index contributed by atoms with van der Waals surface area (Å²) >= 11 is 0.